The maximum Gasteiger partial charge on any atom is 0.353 e. The number of rotatable bonds is 1. The fourth-order valence-corrected chi connectivity index (χ4v) is 1.73. The summed E-state index contributed by atoms with van der Waals surface area (Å²) >= 11 is 0. The number of carboxylic acid groups (broad SMARTS) is 1. The van der Waals surface area contributed by atoms with Crippen LogP contribution < -0.4 is 0 Å². The predicted octanol–water partition coefficient (Wildman–Crippen LogP) is 2.82. The highest BCUT2D eigenvalue weighted by Crippen LogP contribution is 2.29. The Morgan fingerprint density at radius 3 is 1.78 bits per heavy atom. The van der Waals surface area contributed by atoms with Gasteiger partial charge in [0.2, 0.25) is 5.91 Å². The summed E-state index contributed by atoms with van der Waals surface area (Å²) in [6.45, 7) is 2.98. The van der Waals surface area contributed by atoms with Crippen molar-refractivity contribution in [2.24, 2.45) is 0 Å². The van der Waals surface area contributed by atoms with E-state index < -0.39 is 5.97 Å². The van der Waals surface area contributed by atoms with Gasteiger partial charge in [0, 0.05) is 13.1 Å². The molecule has 4 heteroatoms. The molecule has 92 valence electrons. The SMILES string of the molecule is CC(=O)n1ccc(C)c1C(=O)O.c1cc2ccc1-2. The monoisotopic (exact) mass is 243 g/mol. The lowest BCUT2D eigenvalue weighted by atomic mass is 9.95. The largest absolute Gasteiger partial charge is 0.477 e. The normalized spacial score (nSPS) is 10.3. The number of carbonyl (C=O) groups is 2. The molecule has 4 nitrogen and oxygen atoms in total. The van der Waals surface area contributed by atoms with Gasteiger partial charge in [-0.1, -0.05) is 24.3 Å². The quantitative estimate of drug-likeness (QED) is 0.715. The minimum Gasteiger partial charge on any atom is -0.477 e. The van der Waals surface area contributed by atoms with E-state index in [9.17, 15) is 9.59 Å². The second-order valence-corrected chi connectivity index (χ2v) is 4.12. The van der Waals surface area contributed by atoms with Gasteiger partial charge in [0.15, 0.2) is 0 Å². The van der Waals surface area contributed by atoms with Gasteiger partial charge in [-0.05, 0) is 29.7 Å². The van der Waals surface area contributed by atoms with E-state index in [2.05, 4.69) is 24.3 Å². The fourth-order valence-electron chi connectivity index (χ4n) is 1.73. The first-order valence-electron chi connectivity index (χ1n) is 5.53. The summed E-state index contributed by atoms with van der Waals surface area (Å²) in [4.78, 5) is 21.5. The first-order chi connectivity index (χ1) is 8.50. The highest BCUT2D eigenvalue weighted by molar-refractivity contribution is 5.93. The Labute approximate surface area is 104 Å². The van der Waals surface area contributed by atoms with Crippen LogP contribution in [0, 0.1) is 6.92 Å². The minimum atomic E-state index is -1.08. The van der Waals surface area contributed by atoms with Gasteiger partial charge in [-0.15, -0.1) is 0 Å². The fraction of sp³-hybridized carbons (Fsp3) is 0.143. The summed E-state index contributed by atoms with van der Waals surface area (Å²) in [7, 11) is 0. The molecule has 3 rings (SSSR count). The molecule has 0 saturated heterocycles. The van der Waals surface area contributed by atoms with Gasteiger partial charge in [-0.2, -0.15) is 0 Å². The van der Waals surface area contributed by atoms with Crippen molar-refractivity contribution in [1.82, 2.24) is 4.57 Å². The van der Waals surface area contributed by atoms with Crippen LogP contribution in [0.1, 0.15) is 27.8 Å². The second-order valence-electron chi connectivity index (χ2n) is 4.12. The number of carbonyl (C=O) groups excluding carboxylic acids is 1. The first kappa shape index (κ1) is 12.1. The number of aromatic nitrogens is 1. The van der Waals surface area contributed by atoms with Crippen LogP contribution in [0.5, 0.6) is 0 Å². The lowest BCUT2D eigenvalue weighted by molar-refractivity contribution is 0.0674. The van der Waals surface area contributed by atoms with Crippen LogP contribution in [-0.4, -0.2) is 21.6 Å². The summed E-state index contributed by atoms with van der Waals surface area (Å²) in [6, 6.07) is 10.1. The average Bonchev–Trinajstić information content (AvgIpc) is 2.66. The van der Waals surface area contributed by atoms with Crippen LogP contribution in [0.25, 0.3) is 11.1 Å². The molecule has 0 unspecified atom stereocenters. The highest BCUT2D eigenvalue weighted by Gasteiger charge is 2.14. The maximum absolute atomic E-state index is 10.9. The first-order valence-corrected chi connectivity index (χ1v) is 5.53. The maximum atomic E-state index is 10.9. The summed E-state index contributed by atoms with van der Waals surface area (Å²) in [5.41, 5.74) is 3.49. The van der Waals surface area contributed by atoms with Gasteiger partial charge < -0.3 is 5.11 Å². The zero-order valence-corrected chi connectivity index (χ0v) is 10.2. The molecule has 0 atom stereocenters. The van der Waals surface area contributed by atoms with Crippen LogP contribution in [-0.2, 0) is 0 Å². The Hall–Kier alpha value is -2.36. The molecule has 2 aliphatic rings. The minimum absolute atomic E-state index is 0.0440. The van der Waals surface area contributed by atoms with Crippen molar-refractivity contribution in [2.45, 2.75) is 13.8 Å². The van der Waals surface area contributed by atoms with E-state index in [1.54, 1.807) is 13.0 Å². The molecule has 0 bridgehead atoms. The van der Waals surface area contributed by atoms with E-state index in [4.69, 9.17) is 5.11 Å². The molecule has 0 fully saturated rings. The van der Waals surface area contributed by atoms with Gasteiger partial charge in [-0.3, -0.25) is 9.36 Å². The standard InChI is InChI=1S/C8H9NO3.C6H4/c1-5-3-4-9(6(2)10)7(5)8(11)12;1-2-6-4-3-5(1)6/h3-4H,1-2H3,(H,11,12);1-4H. The molecule has 0 radical (unpaired) electrons. The Morgan fingerprint density at radius 1 is 1.06 bits per heavy atom. The van der Waals surface area contributed by atoms with Crippen molar-refractivity contribution in [3.8, 4) is 11.1 Å². The third-order valence-corrected chi connectivity index (χ3v) is 2.85. The van der Waals surface area contributed by atoms with Crippen LogP contribution in [0.3, 0.4) is 0 Å². The molecule has 1 heterocycles. The number of benzene rings is 1. The number of fused-ring (bicyclic) bond motifs is 1. The molecule has 1 aromatic rings. The van der Waals surface area contributed by atoms with E-state index >= 15 is 0 Å². The van der Waals surface area contributed by atoms with Gasteiger partial charge in [0.25, 0.3) is 0 Å². The Morgan fingerprint density at radius 2 is 1.56 bits per heavy atom. The molecule has 0 saturated carbocycles. The molecule has 0 amide bonds. The summed E-state index contributed by atoms with van der Waals surface area (Å²) in [5, 5.41) is 8.71. The van der Waals surface area contributed by atoms with Crippen LogP contribution >= 0.6 is 0 Å². The van der Waals surface area contributed by atoms with Gasteiger partial charge in [0.05, 0.1) is 0 Å². The third-order valence-electron chi connectivity index (χ3n) is 2.85. The topological polar surface area (TPSA) is 59.3 Å². The van der Waals surface area contributed by atoms with Crippen LogP contribution in [0.15, 0.2) is 36.5 Å². The number of aryl methyl sites for hydroxylation is 1. The zero-order valence-electron chi connectivity index (χ0n) is 10.2. The highest BCUT2D eigenvalue weighted by atomic mass is 16.4. The predicted molar refractivity (Wildman–Crippen MR) is 67.9 cm³/mol. The van der Waals surface area contributed by atoms with Crippen LogP contribution in [0.2, 0.25) is 0 Å². The second kappa shape index (κ2) is 4.49. The number of carboxylic acids is 1. The van der Waals surface area contributed by atoms with E-state index in [0.29, 0.717) is 5.56 Å². The van der Waals surface area contributed by atoms with Crippen LogP contribution in [0.4, 0.5) is 0 Å². The summed E-state index contributed by atoms with van der Waals surface area (Å²) in [6.07, 6.45) is 1.46. The summed E-state index contributed by atoms with van der Waals surface area (Å²) < 4.78 is 1.12. The lowest BCUT2D eigenvalue weighted by Gasteiger charge is -2.10. The number of hydrogen-bond donors (Lipinski definition) is 1. The number of hydrogen-bond acceptors (Lipinski definition) is 2. The number of nitrogens with zero attached hydrogens (tertiary/aromatic N) is 1. The number of aromatic carboxylic acids is 1. The van der Waals surface area contributed by atoms with Gasteiger partial charge in [-0.25, -0.2) is 4.79 Å². The molecule has 2 aliphatic carbocycles. The van der Waals surface area contributed by atoms with E-state index in [1.807, 2.05) is 0 Å². The average molecular weight is 243 g/mol. The Bertz CT molecular complexity index is 587. The Kier molecular flexibility index (Phi) is 3.02. The van der Waals surface area contributed by atoms with Crippen molar-refractivity contribution in [1.29, 1.82) is 0 Å². The lowest BCUT2D eigenvalue weighted by Crippen LogP contribution is -2.13. The van der Waals surface area contributed by atoms with Crippen molar-refractivity contribution in [2.75, 3.05) is 0 Å². The third kappa shape index (κ3) is 2.05. The molecule has 1 N–H and O–H groups in total. The van der Waals surface area contributed by atoms with Crippen molar-refractivity contribution in [3.05, 3.63) is 47.8 Å². The zero-order chi connectivity index (χ0) is 13.3. The van der Waals surface area contributed by atoms with Gasteiger partial charge in [0.1, 0.15) is 5.69 Å². The molecule has 0 spiro atoms. The molecule has 0 aliphatic heterocycles. The molecular weight excluding hydrogens is 230 g/mol. The smallest absolute Gasteiger partial charge is 0.353 e. The van der Waals surface area contributed by atoms with E-state index in [1.165, 1.54) is 24.2 Å². The van der Waals surface area contributed by atoms with E-state index in [0.717, 1.165) is 4.57 Å². The molecule has 0 aromatic carbocycles. The van der Waals surface area contributed by atoms with Crippen molar-refractivity contribution >= 4 is 11.9 Å². The van der Waals surface area contributed by atoms with Crippen molar-refractivity contribution < 1.29 is 14.7 Å². The van der Waals surface area contributed by atoms with E-state index in [-0.39, 0.29) is 11.6 Å². The molecule has 1 aromatic heterocycles. The molecular formula is C14H13NO3. The van der Waals surface area contributed by atoms with Gasteiger partial charge >= 0.3 is 5.97 Å². The summed E-state index contributed by atoms with van der Waals surface area (Å²) in [5.74, 6) is -1.37. The Balaban J connectivity index is 0.000000164. The van der Waals surface area contributed by atoms with Crippen molar-refractivity contribution in [3.63, 3.8) is 0 Å². The molecule has 18 heavy (non-hydrogen) atoms.